The molecule has 3 aromatic carbocycles. The third-order valence-electron chi connectivity index (χ3n) is 5.29. The van der Waals surface area contributed by atoms with Gasteiger partial charge in [-0.1, -0.05) is 91.0 Å². The van der Waals surface area contributed by atoms with Crippen molar-refractivity contribution in [3.8, 4) is 0 Å². The van der Waals surface area contributed by atoms with Crippen molar-refractivity contribution in [2.75, 3.05) is 6.61 Å². The Labute approximate surface area is 159 Å². The molecule has 2 unspecified atom stereocenters. The number of hydrogen-bond acceptors (Lipinski definition) is 2. The first-order valence-corrected chi connectivity index (χ1v) is 9.25. The van der Waals surface area contributed by atoms with Crippen molar-refractivity contribution < 1.29 is 14.6 Å². The molecular weight excluding hydrogens is 336 g/mol. The Bertz CT molecular complexity index is 794. The Balaban J connectivity index is 1.81. The summed E-state index contributed by atoms with van der Waals surface area (Å²) < 4.78 is 6.63. The van der Waals surface area contributed by atoms with Crippen molar-refractivity contribution >= 4 is 5.97 Å². The lowest BCUT2D eigenvalue weighted by molar-refractivity contribution is -0.139. The highest BCUT2D eigenvalue weighted by atomic mass is 16.5. The summed E-state index contributed by atoms with van der Waals surface area (Å²) in [6.07, 6.45) is 0.684. The van der Waals surface area contributed by atoms with Gasteiger partial charge in [0.15, 0.2) is 0 Å². The largest absolute Gasteiger partial charge is 0.481 e. The summed E-state index contributed by atoms with van der Waals surface area (Å²) in [5, 5.41) is 9.25. The van der Waals surface area contributed by atoms with Crippen LogP contribution in [0.1, 0.15) is 23.1 Å². The second kappa shape index (κ2) is 7.37. The van der Waals surface area contributed by atoms with Crippen LogP contribution < -0.4 is 0 Å². The fraction of sp³-hybridized carbons (Fsp3) is 0.208. The lowest BCUT2D eigenvalue weighted by atomic mass is 9.80. The average molecular weight is 358 g/mol. The standard InChI is InChI=1S/C24H22O3/c25-23(26)22-16-18(22)17-27-24(19-10-4-1-5-11-19,20-12-6-2-7-13-20)21-14-8-3-9-15-21/h1-15,18,22H,16-17H2,(H,25,26). The van der Waals surface area contributed by atoms with E-state index in [4.69, 9.17) is 4.74 Å². The maximum atomic E-state index is 11.3. The normalized spacial score (nSPS) is 18.8. The fourth-order valence-corrected chi connectivity index (χ4v) is 3.73. The second-order valence-electron chi connectivity index (χ2n) is 7.03. The number of ether oxygens (including phenoxy) is 1. The summed E-state index contributed by atoms with van der Waals surface area (Å²) >= 11 is 0. The first kappa shape index (κ1) is 17.5. The molecule has 0 aromatic heterocycles. The van der Waals surface area contributed by atoms with Gasteiger partial charge >= 0.3 is 5.97 Å². The maximum absolute atomic E-state index is 11.3. The quantitative estimate of drug-likeness (QED) is 0.622. The lowest BCUT2D eigenvalue weighted by Crippen LogP contribution is -2.33. The predicted molar refractivity (Wildman–Crippen MR) is 104 cm³/mol. The number of carboxylic acid groups (broad SMARTS) is 1. The molecule has 27 heavy (non-hydrogen) atoms. The highest BCUT2D eigenvalue weighted by Gasteiger charge is 2.46. The zero-order valence-corrected chi connectivity index (χ0v) is 15.0. The number of benzene rings is 3. The summed E-state index contributed by atoms with van der Waals surface area (Å²) in [4.78, 5) is 11.3. The van der Waals surface area contributed by atoms with Crippen LogP contribution in [0.3, 0.4) is 0 Å². The molecule has 0 spiro atoms. The van der Waals surface area contributed by atoms with E-state index in [0.717, 1.165) is 16.7 Å². The van der Waals surface area contributed by atoms with Crippen LogP contribution in [0.4, 0.5) is 0 Å². The Kier molecular flexibility index (Phi) is 4.78. The summed E-state index contributed by atoms with van der Waals surface area (Å²) in [6.45, 7) is 0.412. The van der Waals surface area contributed by atoms with Crippen molar-refractivity contribution in [3.63, 3.8) is 0 Å². The smallest absolute Gasteiger partial charge is 0.306 e. The minimum Gasteiger partial charge on any atom is -0.481 e. The third-order valence-corrected chi connectivity index (χ3v) is 5.29. The summed E-state index contributed by atoms with van der Waals surface area (Å²) in [5.41, 5.74) is 2.34. The van der Waals surface area contributed by atoms with Crippen molar-refractivity contribution in [2.45, 2.75) is 12.0 Å². The molecule has 0 saturated heterocycles. The van der Waals surface area contributed by atoms with Crippen LogP contribution in [0, 0.1) is 11.8 Å². The third kappa shape index (κ3) is 3.38. The molecule has 1 saturated carbocycles. The Morgan fingerprint density at radius 2 is 1.22 bits per heavy atom. The number of carboxylic acids is 1. The molecule has 1 fully saturated rings. The highest BCUT2D eigenvalue weighted by Crippen LogP contribution is 2.45. The van der Waals surface area contributed by atoms with E-state index in [1.807, 2.05) is 54.6 Å². The molecule has 0 amide bonds. The van der Waals surface area contributed by atoms with E-state index < -0.39 is 11.6 Å². The molecule has 2 atom stereocenters. The predicted octanol–water partition coefficient (Wildman–Crippen LogP) is 4.72. The summed E-state index contributed by atoms with van der Waals surface area (Å²) in [7, 11) is 0. The van der Waals surface area contributed by atoms with E-state index in [1.165, 1.54) is 0 Å². The topological polar surface area (TPSA) is 46.5 Å². The van der Waals surface area contributed by atoms with Crippen LogP contribution in [0.5, 0.6) is 0 Å². The number of rotatable bonds is 7. The van der Waals surface area contributed by atoms with Gasteiger partial charge in [-0.25, -0.2) is 0 Å². The van der Waals surface area contributed by atoms with E-state index in [-0.39, 0.29) is 11.8 Å². The van der Waals surface area contributed by atoms with Crippen molar-refractivity contribution in [1.82, 2.24) is 0 Å². The Morgan fingerprint density at radius 1 is 0.815 bits per heavy atom. The molecule has 3 heteroatoms. The molecule has 1 aliphatic carbocycles. The van der Waals surface area contributed by atoms with Gasteiger partial charge in [-0.15, -0.1) is 0 Å². The summed E-state index contributed by atoms with van der Waals surface area (Å²) in [5.74, 6) is -0.948. The molecule has 136 valence electrons. The minimum absolute atomic E-state index is 0.0676. The number of carbonyl (C=O) groups is 1. The highest BCUT2D eigenvalue weighted by molar-refractivity contribution is 5.73. The zero-order valence-electron chi connectivity index (χ0n) is 15.0. The average Bonchev–Trinajstić information content (AvgIpc) is 3.51. The van der Waals surface area contributed by atoms with Crippen LogP contribution in [-0.4, -0.2) is 17.7 Å². The molecule has 1 aliphatic rings. The summed E-state index contributed by atoms with van der Waals surface area (Å²) in [6, 6.07) is 30.5. The van der Waals surface area contributed by atoms with E-state index in [9.17, 15) is 9.90 Å². The van der Waals surface area contributed by atoms with Gasteiger partial charge in [0.05, 0.1) is 12.5 Å². The lowest BCUT2D eigenvalue weighted by Gasteiger charge is -2.36. The molecule has 4 rings (SSSR count). The van der Waals surface area contributed by atoms with Crippen molar-refractivity contribution in [1.29, 1.82) is 0 Å². The van der Waals surface area contributed by atoms with Crippen molar-refractivity contribution in [3.05, 3.63) is 108 Å². The van der Waals surface area contributed by atoms with Crippen molar-refractivity contribution in [2.24, 2.45) is 11.8 Å². The Hall–Kier alpha value is -2.91. The van der Waals surface area contributed by atoms with Gasteiger partial charge in [-0.05, 0) is 29.0 Å². The van der Waals surface area contributed by atoms with Gasteiger partial charge in [0.1, 0.15) is 5.60 Å². The van der Waals surface area contributed by atoms with Gasteiger partial charge < -0.3 is 9.84 Å². The molecule has 0 radical (unpaired) electrons. The molecule has 0 aliphatic heterocycles. The van der Waals surface area contributed by atoms with E-state index >= 15 is 0 Å². The maximum Gasteiger partial charge on any atom is 0.306 e. The van der Waals surface area contributed by atoms with Crippen LogP contribution in [0.15, 0.2) is 91.0 Å². The van der Waals surface area contributed by atoms with Gasteiger partial charge in [-0.2, -0.15) is 0 Å². The fourth-order valence-electron chi connectivity index (χ4n) is 3.73. The molecule has 3 aromatic rings. The van der Waals surface area contributed by atoms with Crippen LogP contribution in [-0.2, 0) is 15.1 Å². The SMILES string of the molecule is O=C(O)C1CC1COC(c1ccccc1)(c1ccccc1)c1ccccc1. The Morgan fingerprint density at radius 3 is 1.56 bits per heavy atom. The molecular formula is C24H22O3. The molecule has 0 bridgehead atoms. The van der Waals surface area contributed by atoms with Gasteiger partial charge in [0, 0.05) is 0 Å². The molecule has 1 N–H and O–H groups in total. The first-order valence-electron chi connectivity index (χ1n) is 9.25. The van der Waals surface area contributed by atoms with Gasteiger partial charge in [0.2, 0.25) is 0 Å². The van der Waals surface area contributed by atoms with Crippen LogP contribution in [0.2, 0.25) is 0 Å². The van der Waals surface area contributed by atoms with E-state index in [1.54, 1.807) is 0 Å². The van der Waals surface area contributed by atoms with Gasteiger partial charge in [-0.3, -0.25) is 4.79 Å². The van der Waals surface area contributed by atoms with Gasteiger partial charge in [0.25, 0.3) is 0 Å². The van der Waals surface area contributed by atoms with E-state index in [0.29, 0.717) is 13.0 Å². The minimum atomic E-state index is -0.768. The number of aliphatic carboxylic acids is 1. The zero-order chi connectivity index (χ0) is 18.7. The second-order valence-corrected chi connectivity index (χ2v) is 7.03. The molecule has 0 heterocycles. The number of hydrogen-bond donors (Lipinski definition) is 1. The van der Waals surface area contributed by atoms with Crippen LogP contribution in [0.25, 0.3) is 0 Å². The van der Waals surface area contributed by atoms with E-state index in [2.05, 4.69) is 36.4 Å². The first-order chi connectivity index (χ1) is 13.2. The monoisotopic (exact) mass is 358 g/mol. The van der Waals surface area contributed by atoms with Crippen LogP contribution >= 0.6 is 0 Å². The molecule has 3 nitrogen and oxygen atoms in total.